The standard InChI is InChI=1S/C19H21N5O2S/c1-13-16(22-26-21-13)12-23-8-10-24(11-9-23)19(25)17-18(27-14(2)20-17)15-6-4-3-5-7-15/h3-7H,8-12H2,1-2H3. The molecule has 0 spiro atoms. The van der Waals surface area contributed by atoms with Gasteiger partial charge in [0.25, 0.3) is 5.91 Å². The molecule has 1 fully saturated rings. The quantitative estimate of drug-likeness (QED) is 0.690. The molecule has 1 saturated heterocycles. The van der Waals surface area contributed by atoms with Crippen LogP contribution in [0.25, 0.3) is 10.4 Å². The SMILES string of the molecule is Cc1nc(C(=O)N2CCN(Cc3nonc3C)CC2)c(-c2ccccc2)s1. The Morgan fingerprint density at radius 3 is 2.52 bits per heavy atom. The zero-order valence-corrected chi connectivity index (χ0v) is 16.2. The van der Waals surface area contributed by atoms with Crippen molar-refractivity contribution in [3.05, 3.63) is 52.4 Å². The summed E-state index contributed by atoms with van der Waals surface area (Å²) >= 11 is 1.57. The summed E-state index contributed by atoms with van der Waals surface area (Å²) in [6.07, 6.45) is 0. The highest BCUT2D eigenvalue weighted by molar-refractivity contribution is 7.15. The van der Waals surface area contributed by atoms with Crippen LogP contribution in [0.4, 0.5) is 0 Å². The number of aryl methyl sites for hydroxylation is 2. The van der Waals surface area contributed by atoms with E-state index in [4.69, 9.17) is 4.63 Å². The second-order valence-corrected chi connectivity index (χ2v) is 7.84. The summed E-state index contributed by atoms with van der Waals surface area (Å²) in [4.78, 5) is 22.7. The first kappa shape index (κ1) is 17.8. The first-order valence-electron chi connectivity index (χ1n) is 8.94. The Morgan fingerprint density at radius 1 is 1.11 bits per heavy atom. The molecule has 7 nitrogen and oxygen atoms in total. The highest BCUT2D eigenvalue weighted by Gasteiger charge is 2.27. The van der Waals surface area contributed by atoms with Gasteiger partial charge in [-0.2, -0.15) is 0 Å². The summed E-state index contributed by atoms with van der Waals surface area (Å²) in [7, 11) is 0. The van der Waals surface area contributed by atoms with Gasteiger partial charge in [0, 0.05) is 32.7 Å². The number of rotatable bonds is 4. The van der Waals surface area contributed by atoms with Crippen molar-refractivity contribution in [1.29, 1.82) is 0 Å². The van der Waals surface area contributed by atoms with Crippen molar-refractivity contribution in [2.75, 3.05) is 26.2 Å². The van der Waals surface area contributed by atoms with Crippen LogP contribution in [0.3, 0.4) is 0 Å². The maximum absolute atomic E-state index is 13.1. The Balaban J connectivity index is 1.45. The van der Waals surface area contributed by atoms with Gasteiger partial charge in [-0.05, 0) is 19.4 Å². The molecule has 0 atom stereocenters. The van der Waals surface area contributed by atoms with Crippen molar-refractivity contribution in [3.63, 3.8) is 0 Å². The Hall–Kier alpha value is -2.58. The third-order valence-electron chi connectivity index (χ3n) is 4.75. The zero-order valence-electron chi connectivity index (χ0n) is 15.4. The van der Waals surface area contributed by atoms with E-state index in [0.29, 0.717) is 25.3 Å². The number of carbonyl (C=O) groups excluding carboxylic acids is 1. The van der Waals surface area contributed by atoms with Crippen molar-refractivity contribution in [2.24, 2.45) is 0 Å². The molecule has 1 aromatic carbocycles. The first-order valence-corrected chi connectivity index (χ1v) is 9.76. The molecule has 0 saturated carbocycles. The monoisotopic (exact) mass is 383 g/mol. The minimum Gasteiger partial charge on any atom is -0.335 e. The van der Waals surface area contributed by atoms with Crippen LogP contribution in [0.15, 0.2) is 35.0 Å². The van der Waals surface area contributed by atoms with Gasteiger partial charge in [-0.15, -0.1) is 11.3 Å². The van der Waals surface area contributed by atoms with Gasteiger partial charge in [-0.25, -0.2) is 9.61 Å². The highest BCUT2D eigenvalue weighted by Crippen LogP contribution is 2.31. The molecule has 140 valence electrons. The normalized spacial score (nSPS) is 15.3. The van der Waals surface area contributed by atoms with E-state index in [9.17, 15) is 4.79 Å². The topological polar surface area (TPSA) is 75.4 Å². The van der Waals surface area contributed by atoms with Crippen LogP contribution in [0.2, 0.25) is 0 Å². The first-order chi connectivity index (χ1) is 13.1. The Kier molecular flexibility index (Phi) is 5.00. The minimum absolute atomic E-state index is 0.0112. The van der Waals surface area contributed by atoms with Crippen molar-refractivity contribution in [3.8, 4) is 10.4 Å². The second-order valence-electron chi connectivity index (χ2n) is 6.64. The van der Waals surface area contributed by atoms with E-state index in [1.54, 1.807) is 11.3 Å². The Bertz CT molecular complexity index is 929. The molecule has 3 heterocycles. The average molecular weight is 383 g/mol. The number of hydrogen-bond donors (Lipinski definition) is 0. The summed E-state index contributed by atoms with van der Waals surface area (Å²) < 4.78 is 4.76. The molecule has 4 rings (SSSR count). The number of thiazole rings is 1. The summed E-state index contributed by atoms with van der Waals surface area (Å²) in [5, 5.41) is 8.67. The van der Waals surface area contributed by atoms with Gasteiger partial charge < -0.3 is 4.90 Å². The van der Waals surface area contributed by atoms with E-state index in [2.05, 4.69) is 20.2 Å². The number of amides is 1. The smallest absolute Gasteiger partial charge is 0.274 e. The molecule has 0 unspecified atom stereocenters. The van der Waals surface area contributed by atoms with Crippen molar-refractivity contribution in [1.82, 2.24) is 25.1 Å². The molecular formula is C19H21N5O2S. The molecule has 1 aliphatic heterocycles. The van der Waals surface area contributed by atoms with Crippen LogP contribution in [0.5, 0.6) is 0 Å². The number of carbonyl (C=O) groups is 1. The Morgan fingerprint density at radius 2 is 1.85 bits per heavy atom. The molecular weight excluding hydrogens is 362 g/mol. The summed E-state index contributed by atoms with van der Waals surface area (Å²) in [6, 6.07) is 9.99. The van der Waals surface area contributed by atoms with Crippen molar-refractivity contribution in [2.45, 2.75) is 20.4 Å². The van der Waals surface area contributed by atoms with Gasteiger partial charge in [0.05, 0.1) is 9.88 Å². The van der Waals surface area contributed by atoms with Crippen LogP contribution in [0, 0.1) is 13.8 Å². The molecule has 0 aliphatic carbocycles. The van der Waals surface area contributed by atoms with E-state index < -0.39 is 0 Å². The molecule has 0 radical (unpaired) electrons. The van der Waals surface area contributed by atoms with E-state index in [1.807, 2.05) is 49.1 Å². The largest absolute Gasteiger partial charge is 0.335 e. The fourth-order valence-corrected chi connectivity index (χ4v) is 4.14. The van der Waals surface area contributed by atoms with Crippen molar-refractivity contribution >= 4 is 17.2 Å². The highest BCUT2D eigenvalue weighted by atomic mass is 32.1. The van der Waals surface area contributed by atoms with Crippen LogP contribution in [-0.2, 0) is 6.54 Å². The summed E-state index contributed by atoms with van der Waals surface area (Å²) in [5.41, 5.74) is 3.28. The number of nitrogens with zero attached hydrogens (tertiary/aromatic N) is 5. The molecule has 0 N–H and O–H groups in total. The maximum atomic E-state index is 13.1. The minimum atomic E-state index is 0.0112. The van der Waals surface area contributed by atoms with Crippen molar-refractivity contribution < 1.29 is 9.42 Å². The van der Waals surface area contributed by atoms with E-state index >= 15 is 0 Å². The molecule has 1 amide bonds. The number of benzene rings is 1. The Labute approximate surface area is 161 Å². The lowest BCUT2D eigenvalue weighted by Crippen LogP contribution is -2.48. The van der Waals surface area contributed by atoms with Crippen LogP contribution in [-0.4, -0.2) is 57.2 Å². The van der Waals surface area contributed by atoms with Gasteiger partial charge in [0.1, 0.15) is 17.1 Å². The molecule has 0 bridgehead atoms. The van der Waals surface area contributed by atoms with Gasteiger partial charge in [-0.3, -0.25) is 9.69 Å². The lowest BCUT2D eigenvalue weighted by Gasteiger charge is -2.34. The predicted octanol–water partition coefficient (Wildman–Crippen LogP) is 2.77. The zero-order chi connectivity index (χ0) is 18.8. The van der Waals surface area contributed by atoms with E-state index in [1.165, 1.54) is 0 Å². The molecule has 8 heteroatoms. The number of hydrogen-bond acceptors (Lipinski definition) is 7. The average Bonchev–Trinajstić information content (AvgIpc) is 3.28. The van der Waals surface area contributed by atoms with Crippen LogP contribution < -0.4 is 0 Å². The van der Waals surface area contributed by atoms with Gasteiger partial charge in [0.2, 0.25) is 0 Å². The number of piperazine rings is 1. The van der Waals surface area contributed by atoms with E-state index in [0.717, 1.165) is 39.9 Å². The third kappa shape index (κ3) is 3.77. The number of aromatic nitrogens is 3. The lowest BCUT2D eigenvalue weighted by molar-refractivity contribution is 0.0621. The lowest BCUT2D eigenvalue weighted by atomic mass is 10.1. The van der Waals surface area contributed by atoms with Crippen LogP contribution in [0.1, 0.15) is 26.9 Å². The van der Waals surface area contributed by atoms with Crippen LogP contribution >= 0.6 is 11.3 Å². The van der Waals surface area contributed by atoms with E-state index in [-0.39, 0.29) is 5.91 Å². The summed E-state index contributed by atoms with van der Waals surface area (Å²) in [5.74, 6) is 0.0112. The molecule has 1 aliphatic rings. The van der Waals surface area contributed by atoms with Gasteiger partial charge in [-0.1, -0.05) is 40.6 Å². The second kappa shape index (κ2) is 7.58. The molecule has 27 heavy (non-hydrogen) atoms. The van der Waals surface area contributed by atoms with Gasteiger partial charge >= 0.3 is 0 Å². The van der Waals surface area contributed by atoms with Gasteiger partial charge in [0.15, 0.2) is 0 Å². The molecule has 2 aromatic heterocycles. The third-order valence-corrected chi connectivity index (χ3v) is 5.77. The fourth-order valence-electron chi connectivity index (χ4n) is 3.22. The fraction of sp³-hybridized carbons (Fsp3) is 0.368. The summed E-state index contributed by atoms with van der Waals surface area (Å²) in [6.45, 7) is 7.47. The maximum Gasteiger partial charge on any atom is 0.274 e. The predicted molar refractivity (Wildman–Crippen MR) is 103 cm³/mol. The molecule has 3 aromatic rings.